The van der Waals surface area contributed by atoms with Crippen LogP contribution < -0.4 is 21.0 Å². The molecule has 0 aliphatic carbocycles. The van der Waals surface area contributed by atoms with Gasteiger partial charge in [-0.05, 0) is 29.8 Å². The molecule has 1 aromatic heterocycles. The molecule has 3 aromatic rings. The van der Waals surface area contributed by atoms with Crippen molar-refractivity contribution in [1.29, 1.82) is 0 Å². The van der Waals surface area contributed by atoms with Gasteiger partial charge in [-0.25, -0.2) is 9.59 Å². The van der Waals surface area contributed by atoms with E-state index in [0.717, 1.165) is 0 Å². The number of carbonyl (C=O) groups is 3. The number of benzene rings is 2. The van der Waals surface area contributed by atoms with Crippen LogP contribution in [0.25, 0.3) is 11.0 Å². The zero-order valence-electron chi connectivity index (χ0n) is 17.8. The van der Waals surface area contributed by atoms with E-state index in [9.17, 15) is 19.2 Å². The lowest BCUT2D eigenvalue weighted by Crippen LogP contribution is -2.43. The van der Waals surface area contributed by atoms with E-state index in [4.69, 9.17) is 13.9 Å². The molecule has 0 aliphatic rings. The minimum Gasteiger partial charge on any atom is -0.497 e. The van der Waals surface area contributed by atoms with Gasteiger partial charge in [-0.15, -0.1) is 0 Å². The highest BCUT2D eigenvalue weighted by Crippen LogP contribution is 2.24. The number of esters is 1. The molecule has 0 unspecified atom stereocenters. The molecule has 0 radical (unpaired) electrons. The minimum absolute atomic E-state index is 0.0187. The Morgan fingerprint density at radius 3 is 2.50 bits per heavy atom. The van der Waals surface area contributed by atoms with Crippen LogP contribution in [0.15, 0.2) is 57.7 Å². The van der Waals surface area contributed by atoms with E-state index < -0.39 is 23.5 Å². The number of anilines is 1. The number of methoxy groups -OCH3 is 2. The summed E-state index contributed by atoms with van der Waals surface area (Å²) in [6.07, 6.45) is -0.0187. The van der Waals surface area contributed by atoms with Crippen molar-refractivity contribution in [3.8, 4) is 5.75 Å². The van der Waals surface area contributed by atoms with E-state index in [1.807, 2.05) is 0 Å². The number of hydrogen-bond donors (Lipinski definition) is 2. The van der Waals surface area contributed by atoms with Crippen LogP contribution >= 0.6 is 0 Å². The topological polar surface area (TPSA) is 124 Å². The Labute approximate surface area is 183 Å². The average Bonchev–Trinajstić information content (AvgIpc) is 2.77. The van der Waals surface area contributed by atoms with Crippen LogP contribution in [0.2, 0.25) is 0 Å². The molecule has 3 rings (SSSR count). The van der Waals surface area contributed by atoms with Gasteiger partial charge in [0.05, 0.1) is 25.5 Å². The summed E-state index contributed by atoms with van der Waals surface area (Å²) in [4.78, 5) is 48.9. The first-order valence-corrected chi connectivity index (χ1v) is 9.68. The van der Waals surface area contributed by atoms with Crippen LogP contribution in [0.3, 0.4) is 0 Å². The van der Waals surface area contributed by atoms with Gasteiger partial charge in [0.25, 0.3) is 5.91 Å². The Balaban J connectivity index is 1.94. The molecule has 0 saturated heterocycles. The smallest absolute Gasteiger partial charge is 0.336 e. The number of hydrogen-bond acceptors (Lipinski definition) is 7. The second-order valence-electron chi connectivity index (χ2n) is 6.93. The van der Waals surface area contributed by atoms with Crippen LogP contribution in [0.4, 0.5) is 5.69 Å². The SMILES string of the molecule is COC(=O)[C@@H](Cc1cc(=O)oc2cc(OC)ccc12)NC(=O)c1ccccc1NC(C)=O. The summed E-state index contributed by atoms with van der Waals surface area (Å²) in [6.45, 7) is 1.33. The van der Waals surface area contributed by atoms with Crippen LogP contribution in [0.1, 0.15) is 22.8 Å². The van der Waals surface area contributed by atoms with Gasteiger partial charge >= 0.3 is 11.6 Å². The lowest BCUT2D eigenvalue weighted by molar-refractivity contribution is -0.142. The standard InChI is InChI=1S/C23H22N2O7/c1-13(26)24-18-7-5-4-6-17(18)22(28)25-19(23(29)31-3)10-14-11-21(27)32-20-12-15(30-2)8-9-16(14)20/h4-9,11-12,19H,10H2,1-3H3,(H,24,26)(H,25,28)/t19-/m1/s1. The Morgan fingerprint density at radius 1 is 1.06 bits per heavy atom. The highest BCUT2D eigenvalue weighted by molar-refractivity contribution is 6.04. The van der Waals surface area contributed by atoms with Gasteiger partial charge in [0.1, 0.15) is 17.4 Å². The van der Waals surface area contributed by atoms with Crippen molar-refractivity contribution < 1.29 is 28.3 Å². The van der Waals surface area contributed by atoms with Gasteiger partial charge < -0.3 is 24.5 Å². The van der Waals surface area contributed by atoms with Gasteiger partial charge in [-0.1, -0.05) is 12.1 Å². The second kappa shape index (κ2) is 9.78. The van der Waals surface area contributed by atoms with Crippen molar-refractivity contribution in [2.45, 2.75) is 19.4 Å². The predicted octanol–water partition coefficient (Wildman–Crippen LogP) is 2.27. The molecule has 2 aromatic carbocycles. The lowest BCUT2D eigenvalue weighted by atomic mass is 10.0. The molecule has 1 heterocycles. The van der Waals surface area contributed by atoms with Gasteiger partial charge in [-0.2, -0.15) is 0 Å². The fourth-order valence-corrected chi connectivity index (χ4v) is 3.28. The first kappa shape index (κ1) is 22.5. The Kier molecular flexibility index (Phi) is 6.89. The van der Waals surface area contributed by atoms with E-state index in [1.54, 1.807) is 36.4 Å². The van der Waals surface area contributed by atoms with Crippen molar-refractivity contribution in [1.82, 2.24) is 5.32 Å². The quantitative estimate of drug-likeness (QED) is 0.428. The van der Waals surface area contributed by atoms with Crippen LogP contribution in [0.5, 0.6) is 5.75 Å². The van der Waals surface area contributed by atoms with Gasteiger partial charge in [0.2, 0.25) is 5.91 Å². The molecule has 0 saturated carbocycles. The van der Waals surface area contributed by atoms with Crippen LogP contribution in [0, 0.1) is 0 Å². The second-order valence-corrected chi connectivity index (χ2v) is 6.93. The highest BCUT2D eigenvalue weighted by Gasteiger charge is 2.25. The molecule has 0 bridgehead atoms. The zero-order valence-corrected chi connectivity index (χ0v) is 17.8. The normalized spacial score (nSPS) is 11.5. The fourth-order valence-electron chi connectivity index (χ4n) is 3.28. The number of rotatable bonds is 7. The summed E-state index contributed by atoms with van der Waals surface area (Å²) in [6, 6.07) is 11.5. The third-order valence-corrected chi connectivity index (χ3v) is 4.73. The molecule has 2 amide bonds. The Hall–Kier alpha value is -4.14. The summed E-state index contributed by atoms with van der Waals surface area (Å²) < 4.78 is 15.2. The largest absolute Gasteiger partial charge is 0.497 e. The molecule has 32 heavy (non-hydrogen) atoms. The maximum absolute atomic E-state index is 12.9. The third kappa shape index (κ3) is 5.12. The highest BCUT2D eigenvalue weighted by atomic mass is 16.5. The van der Waals surface area contributed by atoms with Crippen molar-refractivity contribution in [3.63, 3.8) is 0 Å². The van der Waals surface area contributed by atoms with Crippen molar-refractivity contribution >= 4 is 34.4 Å². The molecule has 9 nitrogen and oxygen atoms in total. The summed E-state index contributed by atoms with van der Waals surface area (Å²) in [5.74, 6) is -1.11. The maximum Gasteiger partial charge on any atom is 0.336 e. The van der Waals surface area contributed by atoms with Gasteiger partial charge in [-0.3, -0.25) is 9.59 Å². The monoisotopic (exact) mass is 438 g/mol. The summed E-state index contributed by atoms with van der Waals surface area (Å²) >= 11 is 0. The minimum atomic E-state index is -1.09. The molecule has 0 fully saturated rings. The number of amides is 2. The van der Waals surface area contributed by atoms with Crippen molar-refractivity contribution in [2.24, 2.45) is 0 Å². The van der Waals surface area contributed by atoms with E-state index in [1.165, 1.54) is 33.3 Å². The van der Waals surface area contributed by atoms with E-state index >= 15 is 0 Å². The molecule has 0 spiro atoms. The third-order valence-electron chi connectivity index (χ3n) is 4.73. The number of nitrogens with one attached hydrogen (secondary N) is 2. The zero-order chi connectivity index (χ0) is 23.3. The number of fused-ring (bicyclic) bond motifs is 1. The maximum atomic E-state index is 12.9. The van der Waals surface area contributed by atoms with Crippen LogP contribution in [-0.2, 0) is 20.7 Å². The average molecular weight is 438 g/mol. The van der Waals surface area contributed by atoms with Crippen molar-refractivity contribution in [3.05, 3.63) is 70.1 Å². The van der Waals surface area contributed by atoms with Crippen LogP contribution in [-0.4, -0.2) is 38.0 Å². The number of carbonyl (C=O) groups excluding carboxylic acids is 3. The molecule has 1 atom stereocenters. The first-order chi connectivity index (χ1) is 15.3. The van der Waals surface area contributed by atoms with Crippen molar-refractivity contribution in [2.75, 3.05) is 19.5 Å². The van der Waals surface area contributed by atoms with Gasteiger partial charge in [0.15, 0.2) is 0 Å². The first-order valence-electron chi connectivity index (χ1n) is 9.68. The summed E-state index contributed by atoms with van der Waals surface area (Å²) in [5, 5.41) is 5.80. The predicted molar refractivity (Wildman–Crippen MR) is 117 cm³/mol. The number of para-hydroxylation sites is 1. The van der Waals surface area contributed by atoms with E-state index in [2.05, 4.69) is 10.6 Å². The van der Waals surface area contributed by atoms with Gasteiger partial charge in [0, 0.05) is 30.9 Å². The lowest BCUT2D eigenvalue weighted by Gasteiger charge is -2.18. The summed E-state index contributed by atoms with van der Waals surface area (Å²) in [5.41, 5.74) is 0.659. The van der Waals surface area contributed by atoms with E-state index in [0.29, 0.717) is 22.4 Å². The van der Waals surface area contributed by atoms with E-state index in [-0.39, 0.29) is 23.5 Å². The molecule has 166 valence electrons. The Bertz CT molecular complexity index is 1230. The fraction of sp³-hybridized carbons (Fsp3) is 0.217. The Morgan fingerprint density at radius 2 is 1.81 bits per heavy atom. The molecular formula is C23H22N2O7. The molecule has 9 heteroatoms. The molecule has 2 N–H and O–H groups in total. The molecular weight excluding hydrogens is 416 g/mol. The number of ether oxygens (including phenoxy) is 2. The summed E-state index contributed by atoms with van der Waals surface area (Å²) in [7, 11) is 2.69. The molecule has 0 aliphatic heterocycles.